The van der Waals surface area contributed by atoms with Gasteiger partial charge in [-0.25, -0.2) is 9.37 Å². The minimum absolute atomic E-state index is 0.282. The fraction of sp³-hybridized carbons (Fsp3) is 0.143. The lowest BCUT2D eigenvalue weighted by Gasteiger charge is -2.24. The molecule has 5 nitrogen and oxygen atoms in total. The Morgan fingerprint density at radius 2 is 2.23 bits per heavy atom. The van der Waals surface area contributed by atoms with Crippen LogP contribution < -0.4 is 13.2 Å². The standard InChI is InChI=1S/C14H11FIN4OP/c15-8-6-10-7(5-12(8)22)13(19-18-10)9-1-2-11-14(17-9)21-4-3-20(11)16/h1-2,5-6H,3-4,22H2,(H,18,19). The van der Waals surface area contributed by atoms with Crippen LogP contribution >= 0.6 is 32.1 Å². The van der Waals surface area contributed by atoms with Crippen LogP contribution in [-0.4, -0.2) is 28.3 Å². The van der Waals surface area contributed by atoms with Crippen LogP contribution in [0, 0.1) is 5.82 Å². The predicted octanol–water partition coefficient (Wildman–Crippen LogP) is 2.81. The van der Waals surface area contributed by atoms with Gasteiger partial charge in [0.2, 0.25) is 5.88 Å². The number of aromatic nitrogens is 3. The molecule has 0 amide bonds. The number of halogens is 2. The van der Waals surface area contributed by atoms with E-state index in [-0.39, 0.29) is 5.82 Å². The third-order valence-corrected chi connectivity index (χ3v) is 5.00. The molecule has 1 atom stereocenters. The van der Waals surface area contributed by atoms with Gasteiger partial charge in [-0.2, -0.15) is 5.10 Å². The number of rotatable bonds is 1. The molecule has 0 fully saturated rings. The molecule has 0 spiro atoms. The van der Waals surface area contributed by atoms with Crippen molar-refractivity contribution in [3.63, 3.8) is 0 Å². The Morgan fingerprint density at radius 1 is 1.36 bits per heavy atom. The SMILES string of the molecule is Fc1cc2[nH]nc(-c3ccc4c(n3)OCCN4I)c2cc1P. The van der Waals surface area contributed by atoms with Gasteiger partial charge in [0.1, 0.15) is 23.8 Å². The van der Waals surface area contributed by atoms with E-state index in [4.69, 9.17) is 4.74 Å². The average molecular weight is 428 g/mol. The van der Waals surface area contributed by atoms with E-state index in [1.165, 1.54) is 6.07 Å². The zero-order valence-corrected chi connectivity index (χ0v) is 14.6. The summed E-state index contributed by atoms with van der Waals surface area (Å²) in [5.41, 5.74) is 2.99. The maximum absolute atomic E-state index is 13.6. The smallest absolute Gasteiger partial charge is 0.239 e. The summed E-state index contributed by atoms with van der Waals surface area (Å²) in [5.74, 6) is 0.317. The highest BCUT2D eigenvalue weighted by Gasteiger charge is 2.20. The lowest BCUT2D eigenvalue weighted by atomic mass is 10.1. The monoisotopic (exact) mass is 428 g/mol. The number of H-pyrrole nitrogens is 1. The second kappa shape index (κ2) is 5.31. The fourth-order valence-corrected chi connectivity index (χ4v) is 3.26. The summed E-state index contributed by atoms with van der Waals surface area (Å²) in [5, 5.41) is 8.47. The van der Waals surface area contributed by atoms with Gasteiger partial charge in [0.25, 0.3) is 0 Å². The number of anilines is 1. The first-order chi connectivity index (χ1) is 10.6. The molecule has 1 aliphatic heterocycles. The van der Waals surface area contributed by atoms with E-state index < -0.39 is 0 Å². The van der Waals surface area contributed by atoms with Crippen LogP contribution in [0.3, 0.4) is 0 Å². The molecule has 1 unspecified atom stereocenters. The molecule has 2 aromatic heterocycles. The third-order valence-electron chi connectivity index (χ3n) is 3.55. The Morgan fingerprint density at radius 3 is 3.09 bits per heavy atom. The summed E-state index contributed by atoms with van der Waals surface area (Å²) in [6, 6.07) is 7.06. The van der Waals surface area contributed by atoms with E-state index in [2.05, 4.69) is 50.4 Å². The molecular formula is C14H11FIN4OP. The molecule has 8 heteroatoms. The van der Waals surface area contributed by atoms with E-state index in [0.29, 0.717) is 34.7 Å². The van der Waals surface area contributed by atoms with Crippen molar-refractivity contribution in [3.05, 3.63) is 30.1 Å². The molecular weight excluding hydrogens is 417 g/mol. The maximum atomic E-state index is 13.6. The van der Waals surface area contributed by atoms with Gasteiger partial charge in [0.05, 0.1) is 40.6 Å². The van der Waals surface area contributed by atoms with Gasteiger partial charge in [0, 0.05) is 16.8 Å². The minimum atomic E-state index is -0.282. The highest BCUT2D eigenvalue weighted by atomic mass is 127. The Hall–Kier alpha value is -1.47. The molecule has 22 heavy (non-hydrogen) atoms. The van der Waals surface area contributed by atoms with Crippen molar-refractivity contribution in [3.8, 4) is 17.3 Å². The number of hydrogen-bond donors (Lipinski definition) is 1. The van der Waals surface area contributed by atoms with Gasteiger partial charge in [0.15, 0.2) is 0 Å². The number of nitrogens with one attached hydrogen (secondary N) is 1. The number of aromatic amines is 1. The topological polar surface area (TPSA) is 54.0 Å². The molecule has 0 aliphatic carbocycles. The van der Waals surface area contributed by atoms with Crippen LogP contribution in [-0.2, 0) is 0 Å². The van der Waals surface area contributed by atoms with E-state index in [9.17, 15) is 4.39 Å². The quantitative estimate of drug-likeness (QED) is 0.368. The molecule has 112 valence electrons. The van der Waals surface area contributed by atoms with Crippen molar-refractivity contribution in [2.45, 2.75) is 0 Å². The van der Waals surface area contributed by atoms with Crippen molar-refractivity contribution in [2.24, 2.45) is 0 Å². The van der Waals surface area contributed by atoms with Crippen LogP contribution in [0.4, 0.5) is 10.1 Å². The lowest BCUT2D eigenvalue weighted by molar-refractivity contribution is 0.306. The summed E-state index contributed by atoms with van der Waals surface area (Å²) < 4.78 is 21.3. The molecule has 3 aromatic rings. The molecule has 1 aliphatic rings. The Kier molecular flexibility index (Phi) is 3.41. The van der Waals surface area contributed by atoms with Crippen molar-refractivity contribution in [1.82, 2.24) is 15.2 Å². The number of benzene rings is 1. The second-order valence-electron chi connectivity index (χ2n) is 4.95. The Labute approximate surface area is 141 Å². The van der Waals surface area contributed by atoms with E-state index in [1.54, 1.807) is 6.07 Å². The summed E-state index contributed by atoms with van der Waals surface area (Å²) in [6.07, 6.45) is 0. The zero-order chi connectivity index (χ0) is 15.3. The lowest BCUT2D eigenvalue weighted by Crippen LogP contribution is -2.24. The van der Waals surface area contributed by atoms with Crippen LogP contribution in [0.25, 0.3) is 22.3 Å². The van der Waals surface area contributed by atoms with Gasteiger partial charge in [-0.15, -0.1) is 9.24 Å². The minimum Gasteiger partial charge on any atom is -0.474 e. The van der Waals surface area contributed by atoms with Crippen molar-refractivity contribution >= 4 is 54.0 Å². The number of nitrogens with zero attached hydrogens (tertiary/aromatic N) is 3. The largest absolute Gasteiger partial charge is 0.474 e. The molecule has 0 bridgehead atoms. The highest BCUT2D eigenvalue weighted by Crippen LogP contribution is 2.35. The second-order valence-corrected chi connectivity index (χ2v) is 6.73. The molecule has 0 radical (unpaired) electrons. The number of pyridine rings is 1. The van der Waals surface area contributed by atoms with Crippen LogP contribution in [0.15, 0.2) is 24.3 Å². The number of ether oxygens (including phenoxy) is 1. The number of hydrogen-bond acceptors (Lipinski definition) is 4. The van der Waals surface area contributed by atoms with Gasteiger partial charge in [-0.1, -0.05) is 0 Å². The first-order valence-electron chi connectivity index (χ1n) is 6.64. The maximum Gasteiger partial charge on any atom is 0.239 e. The van der Waals surface area contributed by atoms with Crippen molar-refractivity contribution in [1.29, 1.82) is 0 Å². The van der Waals surface area contributed by atoms with E-state index in [0.717, 1.165) is 17.6 Å². The van der Waals surface area contributed by atoms with Gasteiger partial charge in [-0.05, 0) is 18.2 Å². The summed E-state index contributed by atoms with van der Waals surface area (Å²) in [6.45, 7) is 1.43. The van der Waals surface area contributed by atoms with Crippen LogP contribution in [0.5, 0.6) is 5.88 Å². The van der Waals surface area contributed by atoms with Gasteiger partial charge in [-0.3, -0.25) is 5.10 Å². The third kappa shape index (κ3) is 2.23. The van der Waals surface area contributed by atoms with E-state index in [1.807, 2.05) is 12.1 Å². The fourth-order valence-electron chi connectivity index (χ4n) is 2.45. The molecule has 0 saturated heterocycles. The van der Waals surface area contributed by atoms with Crippen molar-refractivity contribution < 1.29 is 9.13 Å². The molecule has 0 saturated carbocycles. The van der Waals surface area contributed by atoms with Gasteiger partial charge < -0.3 is 7.85 Å². The first kappa shape index (κ1) is 14.1. The molecule has 1 N–H and O–H groups in total. The van der Waals surface area contributed by atoms with Crippen LogP contribution in [0.2, 0.25) is 0 Å². The predicted molar refractivity (Wildman–Crippen MR) is 95.5 cm³/mol. The highest BCUT2D eigenvalue weighted by molar-refractivity contribution is 14.1. The van der Waals surface area contributed by atoms with Crippen molar-refractivity contribution in [2.75, 3.05) is 16.3 Å². The van der Waals surface area contributed by atoms with Gasteiger partial charge >= 0.3 is 0 Å². The zero-order valence-electron chi connectivity index (χ0n) is 11.3. The summed E-state index contributed by atoms with van der Waals surface area (Å²) in [4.78, 5) is 4.56. The van der Waals surface area contributed by atoms with Crippen LogP contribution in [0.1, 0.15) is 0 Å². The average Bonchev–Trinajstić information content (AvgIpc) is 2.90. The summed E-state index contributed by atoms with van der Waals surface area (Å²) >= 11 is 2.24. The Bertz CT molecular complexity index is 885. The molecule has 1 aromatic carbocycles. The first-order valence-corrected chi connectivity index (χ1v) is 8.18. The Balaban J connectivity index is 1.87. The summed E-state index contributed by atoms with van der Waals surface area (Å²) in [7, 11) is 2.39. The normalized spacial score (nSPS) is 14.0. The molecule has 4 rings (SSSR count). The molecule has 3 heterocycles. The number of fused-ring (bicyclic) bond motifs is 2. The van der Waals surface area contributed by atoms with E-state index >= 15 is 0 Å².